The van der Waals surface area contributed by atoms with E-state index < -0.39 is 0 Å². The number of halogens is 1. The SMILES string of the molecule is CCc1onc(C)c1C(=O)N[C@H](C)CN.Cl. The van der Waals surface area contributed by atoms with Crippen LogP contribution in [0, 0.1) is 6.92 Å². The van der Waals surface area contributed by atoms with Gasteiger partial charge in [-0.05, 0) is 13.8 Å². The number of carbonyl (C=O) groups excluding carboxylic acids is 1. The highest BCUT2D eigenvalue weighted by atomic mass is 35.5. The largest absolute Gasteiger partial charge is 0.360 e. The number of amides is 1. The van der Waals surface area contributed by atoms with E-state index in [1.807, 2.05) is 13.8 Å². The van der Waals surface area contributed by atoms with Crippen LogP contribution < -0.4 is 11.1 Å². The van der Waals surface area contributed by atoms with Crippen LogP contribution in [-0.2, 0) is 6.42 Å². The Morgan fingerprint density at radius 2 is 2.25 bits per heavy atom. The van der Waals surface area contributed by atoms with Crippen LogP contribution in [0.25, 0.3) is 0 Å². The molecule has 0 saturated carbocycles. The van der Waals surface area contributed by atoms with Crippen molar-refractivity contribution in [2.45, 2.75) is 33.2 Å². The van der Waals surface area contributed by atoms with E-state index in [4.69, 9.17) is 10.3 Å². The Kier molecular flexibility index (Phi) is 6.06. The number of aryl methyl sites for hydroxylation is 2. The lowest BCUT2D eigenvalue weighted by Gasteiger charge is -2.10. The van der Waals surface area contributed by atoms with Gasteiger partial charge in [-0.15, -0.1) is 12.4 Å². The first kappa shape index (κ1) is 14.9. The molecule has 3 N–H and O–H groups in total. The zero-order valence-electron chi connectivity index (χ0n) is 9.74. The topological polar surface area (TPSA) is 81.2 Å². The number of hydrogen-bond donors (Lipinski definition) is 2. The monoisotopic (exact) mass is 247 g/mol. The van der Waals surface area contributed by atoms with Crippen LogP contribution in [0.3, 0.4) is 0 Å². The molecule has 92 valence electrons. The summed E-state index contributed by atoms with van der Waals surface area (Å²) < 4.78 is 5.04. The zero-order chi connectivity index (χ0) is 11.4. The van der Waals surface area contributed by atoms with Gasteiger partial charge < -0.3 is 15.6 Å². The molecule has 0 aromatic carbocycles. The summed E-state index contributed by atoms with van der Waals surface area (Å²) >= 11 is 0. The van der Waals surface area contributed by atoms with Gasteiger partial charge in [0.2, 0.25) is 0 Å². The first-order valence-corrected chi connectivity index (χ1v) is 5.06. The maximum atomic E-state index is 11.8. The Balaban J connectivity index is 0.00000225. The van der Waals surface area contributed by atoms with Gasteiger partial charge in [0.15, 0.2) is 0 Å². The quantitative estimate of drug-likeness (QED) is 0.833. The Morgan fingerprint density at radius 3 is 2.75 bits per heavy atom. The van der Waals surface area contributed by atoms with Gasteiger partial charge in [0.1, 0.15) is 11.3 Å². The number of aromatic nitrogens is 1. The van der Waals surface area contributed by atoms with Crippen molar-refractivity contribution < 1.29 is 9.32 Å². The van der Waals surface area contributed by atoms with Gasteiger partial charge in [0.05, 0.1) is 5.69 Å². The van der Waals surface area contributed by atoms with E-state index in [1.54, 1.807) is 6.92 Å². The summed E-state index contributed by atoms with van der Waals surface area (Å²) in [6.45, 7) is 5.94. The minimum Gasteiger partial charge on any atom is -0.360 e. The fraction of sp³-hybridized carbons (Fsp3) is 0.600. The fourth-order valence-corrected chi connectivity index (χ4v) is 1.30. The highest BCUT2D eigenvalue weighted by Gasteiger charge is 2.19. The molecule has 1 rings (SSSR count). The molecule has 1 heterocycles. The van der Waals surface area contributed by atoms with E-state index in [2.05, 4.69) is 10.5 Å². The number of carbonyl (C=O) groups is 1. The second kappa shape index (κ2) is 6.50. The van der Waals surface area contributed by atoms with Crippen molar-refractivity contribution in [3.63, 3.8) is 0 Å². The van der Waals surface area contributed by atoms with E-state index in [0.717, 1.165) is 0 Å². The molecule has 16 heavy (non-hydrogen) atoms. The van der Waals surface area contributed by atoms with Crippen LogP contribution in [0.1, 0.15) is 35.7 Å². The molecule has 1 aromatic rings. The van der Waals surface area contributed by atoms with Gasteiger partial charge in [-0.3, -0.25) is 4.79 Å². The lowest BCUT2D eigenvalue weighted by Crippen LogP contribution is -2.38. The van der Waals surface area contributed by atoms with E-state index in [9.17, 15) is 4.79 Å². The van der Waals surface area contributed by atoms with Crippen molar-refractivity contribution in [1.29, 1.82) is 0 Å². The molecule has 0 aliphatic rings. The average molecular weight is 248 g/mol. The third kappa shape index (κ3) is 3.21. The summed E-state index contributed by atoms with van der Waals surface area (Å²) in [6.07, 6.45) is 0.653. The maximum Gasteiger partial charge on any atom is 0.257 e. The lowest BCUT2D eigenvalue weighted by atomic mass is 10.1. The molecule has 0 radical (unpaired) electrons. The molecule has 1 aromatic heterocycles. The second-order valence-electron chi connectivity index (χ2n) is 3.53. The molecule has 0 spiro atoms. The Bertz CT molecular complexity index is 352. The maximum absolute atomic E-state index is 11.8. The summed E-state index contributed by atoms with van der Waals surface area (Å²) in [5.74, 6) is 0.456. The predicted molar refractivity (Wildman–Crippen MR) is 63.8 cm³/mol. The molecule has 0 fully saturated rings. The normalized spacial score (nSPS) is 11.8. The molecular weight excluding hydrogens is 230 g/mol. The average Bonchev–Trinajstić information content (AvgIpc) is 2.59. The van der Waals surface area contributed by atoms with Crippen molar-refractivity contribution in [1.82, 2.24) is 10.5 Å². The molecule has 0 saturated heterocycles. The molecule has 5 nitrogen and oxygen atoms in total. The van der Waals surface area contributed by atoms with Crippen molar-refractivity contribution in [3.05, 3.63) is 17.0 Å². The smallest absolute Gasteiger partial charge is 0.257 e. The van der Waals surface area contributed by atoms with Crippen molar-refractivity contribution in [2.24, 2.45) is 5.73 Å². The van der Waals surface area contributed by atoms with Crippen LogP contribution in [-0.4, -0.2) is 23.7 Å². The van der Waals surface area contributed by atoms with E-state index in [-0.39, 0.29) is 24.4 Å². The van der Waals surface area contributed by atoms with E-state index in [1.165, 1.54) is 0 Å². The first-order valence-electron chi connectivity index (χ1n) is 5.06. The molecule has 6 heteroatoms. The number of hydrogen-bond acceptors (Lipinski definition) is 4. The van der Waals surface area contributed by atoms with Crippen LogP contribution in [0.15, 0.2) is 4.52 Å². The molecule has 0 unspecified atom stereocenters. The van der Waals surface area contributed by atoms with Gasteiger partial charge >= 0.3 is 0 Å². The molecule has 0 bridgehead atoms. The number of nitrogens with two attached hydrogens (primary N) is 1. The third-order valence-corrected chi connectivity index (χ3v) is 2.21. The predicted octanol–water partition coefficient (Wildman–Crippen LogP) is 1.04. The van der Waals surface area contributed by atoms with Crippen LogP contribution >= 0.6 is 12.4 Å². The van der Waals surface area contributed by atoms with Gasteiger partial charge in [-0.2, -0.15) is 0 Å². The standard InChI is InChI=1S/C10H17N3O2.ClH/c1-4-8-9(7(3)13-15-8)10(14)12-6(2)5-11;/h6H,4-5,11H2,1-3H3,(H,12,14);1H/t6-;/m1./s1. The van der Waals surface area contributed by atoms with Crippen molar-refractivity contribution in [3.8, 4) is 0 Å². The van der Waals surface area contributed by atoms with Crippen LogP contribution in [0.2, 0.25) is 0 Å². The van der Waals surface area contributed by atoms with Crippen LogP contribution in [0.4, 0.5) is 0 Å². The highest BCUT2D eigenvalue weighted by molar-refractivity contribution is 5.96. The lowest BCUT2D eigenvalue weighted by molar-refractivity contribution is 0.0939. The van der Waals surface area contributed by atoms with Gasteiger partial charge in [-0.1, -0.05) is 12.1 Å². The highest BCUT2D eigenvalue weighted by Crippen LogP contribution is 2.13. The molecule has 1 amide bonds. The van der Waals surface area contributed by atoms with Crippen LogP contribution in [0.5, 0.6) is 0 Å². The summed E-state index contributed by atoms with van der Waals surface area (Å²) in [6, 6.07) is -0.0449. The van der Waals surface area contributed by atoms with Gasteiger partial charge in [-0.25, -0.2) is 0 Å². The molecule has 0 aliphatic carbocycles. The Labute approximate surface area is 101 Å². The van der Waals surface area contributed by atoms with E-state index >= 15 is 0 Å². The minimum absolute atomic E-state index is 0. The van der Waals surface area contributed by atoms with Crippen molar-refractivity contribution in [2.75, 3.05) is 6.54 Å². The third-order valence-electron chi connectivity index (χ3n) is 2.21. The summed E-state index contributed by atoms with van der Waals surface area (Å²) in [7, 11) is 0. The summed E-state index contributed by atoms with van der Waals surface area (Å²) in [5.41, 5.74) is 6.59. The summed E-state index contributed by atoms with van der Waals surface area (Å²) in [4.78, 5) is 11.8. The minimum atomic E-state index is -0.163. The molecule has 1 atom stereocenters. The van der Waals surface area contributed by atoms with E-state index in [0.29, 0.717) is 30.0 Å². The van der Waals surface area contributed by atoms with Gasteiger partial charge in [0.25, 0.3) is 5.91 Å². The first-order chi connectivity index (χ1) is 7.10. The zero-order valence-corrected chi connectivity index (χ0v) is 10.6. The molecular formula is C10H18ClN3O2. The number of nitrogens with one attached hydrogen (secondary N) is 1. The number of rotatable bonds is 4. The molecule has 0 aliphatic heterocycles. The van der Waals surface area contributed by atoms with Crippen molar-refractivity contribution >= 4 is 18.3 Å². The fourth-order valence-electron chi connectivity index (χ4n) is 1.30. The number of nitrogens with zero attached hydrogens (tertiary/aromatic N) is 1. The Hall–Kier alpha value is -1.07. The Morgan fingerprint density at radius 1 is 1.62 bits per heavy atom. The van der Waals surface area contributed by atoms with Gasteiger partial charge in [0, 0.05) is 19.0 Å². The summed E-state index contributed by atoms with van der Waals surface area (Å²) in [5, 5.41) is 6.56. The second-order valence-corrected chi connectivity index (χ2v) is 3.53.